The predicted molar refractivity (Wildman–Crippen MR) is 92.0 cm³/mol. The number of piperazine rings is 1. The molecule has 0 aliphatic carbocycles. The molecule has 3 rings (SSSR count). The average molecular weight is 351 g/mol. The lowest BCUT2D eigenvalue weighted by molar-refractivity contribution is -0.137. The fourth-order valence-corrected chi connectivity index (χ4v) is 5.04. The van der Waals surface area contributed by atoms with Crippen molar-refractivity contribution in [3.05, 3.63) is 30.3 Å². The third-order valence-corrected chi connectivity index (χ3v) is 6.67. The number of carbonyl (C=O) groups excluding carboxylic acids is 1. The first-order valence-electron chi connectivity index (χ1n) is 8.56. The molecule has 2 aliphatic rings. The zero-order valence-electron chi connectivity index (χ0n) is 14.0. The summed E-state index contributed by atoms with van der Waals surface area (Å²) >= 11 is 0. The monoisotopic (exact) mass is 351 g/mol. The molecule has 2 heterocycles. The number of hydrogen-bond donors (Lipinski definition) is 1. The van der Waals surface area contributed by atoms with Crippen LogP contribution in [-0.4, -0.2) is 62.3 Å². The van der Waals surface area contributed by atoms with Crippen molar-refractivity contribution in [2.45, 2.75) is 30.7 Å². The molecule has 6 nitrogen and oxygen atoms in total. The van der Waals surface area contributed by atoms with E-state index >= 15 is 0 Å². The van der Waals surface area contributed by atoms with Gasteiger partial charge >= 0.3 is 0 Å². The zero-order valence-corrected chi connectivity index (χ0v) is 14.8. The van der Waals surface area contributed by atoms with Crippen LogP contribution in [-0.2, 0) is 14.8 Å². The minimum absolute atomic E-state index is 0.0938. The molecule has 2 saturated heterocycles. The Morgan fingerprint density at radius 3 is 2.62 bits per heavy atom. The van der Waals surface area contributed by atoms with E-state index in [1.807, 2.05) is 4.90 Å². The lowest BCUT2D eigenvalue weighted by Gasteiger charge is -2.37. The van der Waals surface area contributed by atoms with Crippen LogP contribution in [0.15, 0.2) is 35.2 Å². The maximum atomic E-state index is 12.8. The molecule has 0 spiro atoms. The van der Waals surface area contributed by atoms with E-state index in [9.17, 15) is 13.2 Å². The van der Waals surface area contributed by atoms with Gasteiger partial charge in [0, 0.05) is 38.8 Å². The van der Waals surface area contributed by atoms with Gasteiger partial charge in [-0.15, -0.1) is 0 Å². The molecule has 1 N–H and O–H groups in total. The number of hydrogen-bond acceptors (Lipinski definition) is 4. The Hall–Kier alpha value is -1.44. The molecule has 132 valence electrons. The minimum Gasteiger partial charge on any atom is -0.340 e. The summed E-state index contributed by atoms with van der Waals surface area (Å²) in [6.45, 7) is 5.03. The highest BCUT2D eigenvalue weighted by Gasteiger charge is 2.35. The Bertz CT molecular complexity index is 678. The molecular weight excluding hydrogens is 326 g/mol. The molecule has 2 atom stereocenters. The standard InChI is InChI=1S/C17H25N3O3S/c1-14-12-19(11-9-18-14)17(21)15-6-5-10-20(13-15)24(22,23)16-7-3-2-4-8-16/h2-4,7-8,14-15,18H,5-6,9-13H2,1H3. The number of rotatable bonds is 3. The van der Waals surface area contributed by atoms with E-state index < -0.39 is 10.0 Å². The maximum Gasteiger partial charge on any atom is 0.243 e. The van der Waals surface area contributed by atoms with E-state index in [2.05, 4.69) is 12.2 Å². The lowest BCUT2D eigenvalue weighted by Crippen LogP contribution is -2.54. The minimum atomic E-state index is -3.52. The van der Waals surface area contributed by atoms with E-state index in [0.717, 1.165) is 19.4 Å². The number of amides is 1. The molecule has 0 bridgehead atoms. The summed E-state index contributed by atoms with van der Waals surface area (Å²) in [4.78, 5) is 15.0. The smallest absolute Gasteiger partial charge is 0.243 e. The fraction of sp³-hybridized carbons (Fsp3) is 0.588. The average Bonchev–Trinajstić information content (AvgIpc) is 2.62. The third kappa shape index (κ3) is 3.63. The van der Waals surface area contributed by atoms with E-state index in [-0.39, 0.29) is 24.4 Å². The number of benzene rings is 1. The normalized spacial score (nSPS) is 26.3. The number of nitrogens with zero attached hydrogens (tertiary/aromatic N) is 2. The highest BCUT2D eigenvalue weighted by molar-refractivity contribution is 7.89. The Balaban J connectivity index is 1.71. The molecule has 1 aromatic carbocycles. The van der Waals surface area contributed by atoms with E-state index in [1.165, 1.54) is 4.31 Å². The van der Waals surface area contributed by atoms with Crippen LogP contribution in [0.2, 0.25) is 0 Å². The Morgan fingerprint density at radius 2 is 1.92 bits per heavy atom. The van der Waals surface area contributed by atoms with Crippen LogP contribution in [0.3, 0.4) is 0 Å². The SMILES string of the molecule is CC1CN(C(=O)C2CCCN(S(=O)(=O)c3ccccc3)C2)CCN1. The summed E-state index contributed by atoms with van der Waals surface area (Å²) < 4.78 is 27.0. The highest BCUT2D eigenvalue weighted by Crippen LogP contribution is 2.25. The molecule has 1 aromatic rings. The first kappa shape index (κ1) is 17.4. The van der Waals surface area contributed by atoms with Gasteiger partial charge in [-0.25, -0.2) is 8.42 Å². The largest absolute Gasteiger partial charge is 0.340 e. The van der Waals surface area contributed by atoms with Gasteiger partial charge in [-0.1, -0.05) is 18.2 Å². The molecule has 24 heavy (non-hydrogen) atoms. The quantitative estimate of drug-likeness (QED) is 0.879. The number of sulfonamides is 1. The Kier molecular flexibility index (Phi) is 5.22. The molecule has 2 fully saturated rings. The van der Waals surface area contributed by atoms with Crippen LogP contribution >= 0.6 is 0 Å². The maximum absolute atomic E-state index is 12.8. The van der Waals surface area contributed by atoms with Gasteiger partial charge in [-0.05, 0) is 31.9 Å². The van der Waals surface area contributed by atoms with E-state index in [0.29, 0.717) is 24.5 Å². The van der Waals surface area contributed by atoms with Gasteiger partial charge in [0.2, 0.25) is 15.9 Å². The second-order valence-electron chi connectivity index (χ2n) is 6.65. The van der Waals surface area contributed by atoms with Gasteiger partial charge in [-0.2, -0.15) is 4.31 Å². The predicted octanol–water partition coefficient (Wildman–Crippen LogP) is 0.908. The molecule has 2 unspecified atom stereocenters. The number of carbonyl (C=O) groups is 1. The molecule has 0 aromatic heterocycles. The first-order valence-corrected chi connectivity index (χ1v) is 10.00. The second kappa shape index (κ2) is 7.21. The summed E-state index contributed by atoms with van der Waals surface area (Å²) in [7, 11) is -3.52. The van der Waals surface area contributed by atoms with Crippen molar-refractivity contribution in [3.8, 4) is 0 Å². The lowest BCUT2D eigenvalue weighted by atomic mass is 9.97. The first-order chi connectivity index (χ1) is 11.5. The summed E-state index contributed by atoms with van der Waals surface area (Å²) in [6.07, 6.45) is 1.49. The van der Waals surface area contributed by atoms with Crippen LogP contribution in [0.4, 0.5) is 0 Å². The van der Waals surface area contributed by atoms with Crippen LogP contribution in [0.1, 0.15) is 19.8 Å². The van der Waals surface area contributed by atoms with Crippen molar-refractivity contribution in [2.24, 2.45) is 5.92 Å². The van der Waals surface area contributed by atoms with Crippen LogP contribution in [0, 0.1) is 5.92 Å². The molecule has 0 saturated carbocycles. The van der Waals surface area contributed by atoms with E-state index in [4.69, 9.17) is 0 Å². The highest BCUT2D eigenvalue weighted by atomic mass is 32.2. The Morgan fingerprint density at radius 1 is 1.17 bits per heavy atom. The van der Waals surface area contributed by atoms with Crippen molar-refractivity contribution in [1.29, 1.82) is 0 Å². The molecule has 0 radical (unpaired) electrons. The van der Waals surface area contributed by atoms with E-state index in [1.54, 1.807) is 30.3 Å². The van der Waals surface area contributed by atoms with Crippen molar-refractivity contribution in [2.75, 3.05) is 32.7 Å². The van der Waals surface area contributed by atoms with Crippen LogP contribution < -0.4 is 5.32 Å². The Labute approximate surface area is 143 Å². The third-order valence-electron chi connectivity index (χ3n) is 4.79. The summed E-state index contributed by atoms with van der Waals surface area (Å²) in [6, 6.07) is 8.75. The molecular formula is C17H25N3O3S. The van der Waals surface area contributed by atoms with Gasteiger partial charge in [0.15, 0.2) is 0 Å². The molecule has 7 heteroatoms. The number of nitrogens with one attached hydrogen (secondary N) is 1. The van der Waals surface area contributed by atoms with Gasteiger partial charge in [0.05, 0.1) is 10.8 Å². The van der Waals surface area contributed by atoms with Crippen molar-refractivity contribution in [1.82, 2.24) is 14.5 Å². The van der Waals surface area contributed by atoms with Crippen molar-refractivity contribution in [3.63, 3.8) is 0 Å². The van der Waals surface area contributed by atoms with Crippen molar-refractivity contribution < 1.29 is 13.2 Å². The van der Waals surface area contributed by atoms with Crippen LogP contribution in [0.5, 0.6) is 0 Å². The summed E-state index contributed by atoms with van der Waals surface area (Å²) in [5.74, 6) is -0.140. The van der Waals surface area contributed by atoms with Crippen molar-refractivity contribution >= 4 is 15.9 Å². The van der Waals surface area contributed by atoms with Gasteiger partial charge in [0.1, 0.15) is 0 Å². The topological polar surface area (TPSA) is 69.7 Å². The van der Waals surface area contributed by atoms with Crippen LogP contribution in [0.25, 0.3) is 0 Å². The number of piperidine rings is 1. The van der Waals surface area contributed by atoms with Gasteiger partial charge in [0.25, 0.3) is 0 Å². The fourth-order valence-electron chi connectivity index (χ4n) is 3.49. The summed E-state index contributed by atoms with van der Waals surface area (Å²) in [5.41, 5.74) is 0. The summed E-state index contributed by atoms with van der Waals surface area (Å²) in [5, 5.41) is 3.32. The molecule has 1 amide bonds. The van der Waals surface area contributed by atoms with Gasteiger partial charge < -0.3 is 10.2 Å². The second-order valence-corrected chi connectivity index (χ2v) is 8.59. The molecule has 2 aliphatic heterocycles. The zero-order chi connectivity index (χ0) is 17.2. The van der Waals surface area contributed by atoms with Gasteiger partial charge in [-0.3, -0.25) is 4.79 Å².